The van der Waals surface area contributed by atoms with Crippen molar-refractivity contribution < 1.29 is 19.5 Å². The molecule has 1 unspecified atom stereocenters. The Labute approximate surface area is 181 Å². The summed E-state index contributed by atoms with van der Waals surface area (Å²) in [5.74, 6) is 0.645. The monoisotopic (exact) mass is 427 g/mol. The molecule has 0 aliphatic rings. The maximum Gasteiger partial charge on any atom is 0.440 e. The van der Waals surface area contributed by atoms with Gasteiger partial charge in [-0.3, -0.25) is 9.78 Å². The molecular formula is C23H29N3O5. The number of nitrogens with zero attached hydrogens (tertiary/aromatic N) is 3. The third kappa shape index (κ3) is 4.34. The van der Waals surface area contributed by atoms with E-state index in [1.165, 1.54) is 0 Å². The SMILES string of the molecule is COCc1cc2c3ccnc(C)c3c(=O)n(C)c2cc1ON(C(=O)O)C(C)CC(C)C. The summed E-state index contributed by atoms with van der Waals surface area (Å²) >= 11 is 0. The second kappa shape index (κ2) is 8.93. The molecule has 0 fully saturated rings. The Morgan fingerprint density at radius 2 is 1.97 bits per heavy atom. The number of amides is 1. The van der Waals surface area contributed by atoms with Crippen LogP contribution in [0.5, 0.6) is 5.75 Å². The van der Waals surface area contributed by atoms with E-state index in [1.54, 1.807) is 31.0 Å². The lowest BCUT2D eigenvalue weighted by Crippen LogP contribution is -2.41. The molecule has 0 radical (unpaired) electrons. The Kier molecular flexibility index (Phi) is 6.50. The van der Waals surface area contributed by atoms with Crippen LogP contribution in [-0.4, -0.2) is 39.0 Å². The number of methoxy groups -OCH3 is 1. The summed E-state index contributed by atoms with van der Waals surface area (Å²) in [6.45, 7) is 7.90. The van der Waals surface area contributed by atoms with Crippen LogP contribution in [0.2, 0.25) is 0 Å². The first kappa shape index (κ1) is 22.6. The molecule has 0 bridgehead atoms. The predicted octanol–water partition coefficient (Wildman–Crippen LogP) is 4.25. The van der Waals surface area contributed by atoms with Crippen molar-refractivity contribution in [1.29, 1.82) is 0 Å². The molecule has 0 spiro atoms. The van der Waals surface area contributed by atoms with E-state index in [0.717, 1.165) is 15.8 Å². The molecule has 2 heterocycles. The predicted molar refractivity (Wildman–Crippen MR) is 119 cm³/mol. The van der Waals surface area contributed by atoms with Gasteiger partial charge in [0.15, 0.2) is 5.75 Å². The van der Waals surface area contributed by atoms with E-state index in [2.05, 4.69) is 4.98 Å². The maximum atomic E-state index is 13.0. The number of benzene rings is 1. The minimum Gasteiger partial charge on any atom is -0.463 e. The van der Waals surface area contributed by atoms with Gasteiger partial charge in [0, 0.05) is 37.4 Å². The average Bonchev–Trinajstić information content (AvgIpc) is 2.69. The van der Waals surface area contributed by atoms with Crippen LogP contribution in [0, 0.1) is 12.8 Å². The summed E-state index contributed by atoms with van der Waals surface area (Å²) in [5, 5.41) is 12.9. The van der Waals surface area contributed by atoms with Crippen LogP contribution in [0.25, 0.3) is 21.7 Å². The number of ether oxygens (including phenoxy) is 1. The molecule has 0 aliphatic carbocycles. The van der Waals surface area contributed by atoms with Gasteiger partial charge >= 0.3 is 6.09 Å². The zero-order valence-electron chi connectivity index (χ0n) is 18.8. The molecule has 0 saturated heterocycles. The number of hydroxylamine groups is 2. The van der Waals surface area contributed by atoms with Gasteiger partial charge in [0.2, 0.25) is 0 Å². The number of carbonyl (C=O) groups is 1. The molecule has 0 saturated carbocycles. The Bertz CT molecular complexity index is 1190. The molecule has 1 atom stereocenters. The number of hydrogen-bond acceptors (Lipinski definition) is 5. The van der Waals surface area contributed by atoms with Crippen molar-refractivity contribution in [3.63, 3.8) is 0 Å². The first-order valence-corrected chi connectivity index (χ1v) is 10.3. The Hall–Kier alpha value is -3.13. The molecule has 3 aromatic rings. The normalized spacial score (nSPS) is 12.5. The zero-order valence-corrected chi connectivity index (χ0v) is 18.8. The van der Waals surface area contributed by atoms with Crippen molar-refractivity contribution in [2.45, 2.75) is 46.8 Å². The van der Waals surface area contributed by atoms with E-state index in [1.807, 2.05) is 39.8 Å². The van der Waals surface area contributed by atoms with Crippen molar-refractivity contribution >= 4 is 27.8 Å². The summed E-state index contributed by atoms with van der Waals surface area (Å²) in [5.41, 5.74) is 1.82. The minimum absolute atomic E-state index is 0.165. The van der Waals surface area contributed by atoms with E-state index in [4.69, 9.17) is 9.57 Å². The molecule has 166 valence electrons. The highest BCUT2D eigenvalue weighted by Crippen LogP contribution is 2.32. The molecule has 1 aromatic carbocycles. The molecule has 8 nitrogen and oxygen atoms in total. The lowest BCUT2D eigenvalue weighted by Gasteiger charge is -2.28. The zero-order chi connectivity index (χ0) is 22.9. The van der Waals surface area contributed by atoms with Gasteiger partial charge in [-0.05, 0) is 43.7 Å². The molecule has 31 heavy (non-hydrogen) atoms. The van der Waals surface area contributed by atoms with Crippen LogP contribution in [0.3, 0.4) is 0 Å². The van der Waals surface area contributed by atoms with Gasteiger partial charge in [-0.15, -0.1) is 5.06 Å². The summed E-state index contributed by atoms with van der Waals surface area (Å²) < 4.78 is 6.89. The van der Waals surface area contributed by atoms with E-state index < -0.39 is 6.09 Å². The fourth-order valence-corrected chi connectivity index (χ4v) is 4.00. The fourth-order valence-electron chi connectivity index (χ4n) is 4.00. The summed E-state index contributed by atoms with van der Waals surface area (Å²) in [6, 6.07) is 5.07. The maximum absolute atomic E-state index is 13.0. The molecule has 1 N–H and O–H groups in total. The summed E-state index contributed by atoms with van der Waals surface area (Å²) in [7, 11) is 3.25. The molecule has 2 aromatic heterocycles. The highest BCUT2D eigenvalue weighted by Gasteiger charge is 2.25. The summed E-state index contributed by atoms with van der Waals surface area (Å²) in [6.07, 6.45) is 1.15. The number of pyridine rings is 2. The second-order valence-electron chi connectivity index (χ2n) is 8.27. The average molecular weight is 428 g/mol. The highest BCUT2D eigenvalue weighted by molar-refractivity contribution is 6.06. The van der Waals surface area contributed by atoms with Gasteiger partial charge in [0.1, 0.15) is 0 Å². The molecule has 0 aliphatic heterocycles. The molecule has 3 rings (SSSR count). The third-order valence-corrected chi connectivity index (χ3v) is 5.39. The quantitative estimate of drug-likeness (QED) is 0.447. The Morgan fingerprint density at radius 1 is 1.26 bits per heavy atom. The van der Waals surface area contributed by atoms with Crippen LogP contribution in [-0.2, 0) is 18.4 Å². The summed E-state index contributed by atoms with van der Waals surface area (Å²) in [4.78, 5) is 35.0. The van der Waals surface area contributed by atoms with E-state index >= 15 is 0 Å². The smallest absolute Gasteiger partial charge is 0.440 e. The van der Waals surface area contributed by atoms with Gasteiger partial charge in [-0.25, -0.2) is 4.79 Å². The van der Waals surface area contributed by atoms with Crippen molar-refractivity contribution in [1.82, 2.24) is 14.6 Å². The lowest BCUT2D eigenvalue weighted by molar-refractivity contribution is -0.0694. The van der Waals surface area contributed by atoms with E-state index in [0.29, 0.717) is 40.2 Å². The number of aromatic nitrogens is 2. The second-order valence-corrected chi connectivity index (χ2v) is 8.27. The largest absolute Gasteiger partial charge is 0.463 e. The first-order chi connectivity index (χ1) is 14.6. The third-order valence-electron chi connectivity index (χ3n) is 5.39. The van der Waals surface area contributed by atoms with E-state index in [9.17, 15) is 14.7 Å². The van der Waals surface area contributed by atoms with Gasteiger partial charge in [-0.1, -0.05) is 13.8 Å². The Balaban J connectivity index is 2.23. The van der Waals surface area contributed by atoms with Gasteiger partial charge in [0.05, 0.1) is 29.2 Å². The van der Waals surface area contributed by atoms with Crippen molar-refractivity contribution in [2.24, 2.45) is 13.0 Å². The van der Waals surface area contributed by atoms with Crippen molar-refractivity contribution in [2.75, 3.05) is 7.11 Å². The van der Waals surface area contributed by atoms with Crippen LogP contribution in [0.1, 0.15) is 38.4 Å². The van der Waals surface area contributed by atoms with Gasteiger partial charge in [-0.2, -0.15) is 0 Å². The van der Waals surface area contributed by atoms with Crippen LogP contribution < -0.4 is 10.4 Å². The van der Waals surface area contributed by atoms with Crippen molar-refractivity contribution in [3.05, 3.63) is 46.0 Å². The number of rotatable bonds is 7. The minimum atomic E-state index is -1.18. The number of carboxylic acid groups (broad SMARTS) is 1. The number of fused-ring (bicyclic) bond motifs is 3. The first-order valence-electron chi connectivity index (χ1n) is 10.3. The standard InChI is InChI=1S/C23H29N3O5/c1-13(2)9-14(3)26(23(28)29)31-20-11-19-18(10-16(20)12-30-6)17-7-8-24-15(4)21(17)22(27)25(19)5/h7-8,10-11,13-14H,9,12H2,1-6H3,(H,28,29). The topological polar surface area (TPSA) is 93.9 Å². The Morgan fingerprint density at radius 3 is 2.58 bits per heavy atom. The molecular weight excluding hydrogens is 398 g/mol. The van der Waals surface area contributed by atoms with Crippen LogP contribution in [0.15, 0.2) is 29.2 Å². The van der Waals surface area contributed by atoms with Crippen LogP contribution >= 0.6 is 0 Å². The lowest BCUT2D eigenvalue weighted by atomic mass is 10.0. The highest BCUT2D eigenvalue weighted by atomic mass is 16.7. The van der Waals surface area contributed by atoms with Crippen LogP contribution in [0.4, 0.5) is 4.79 Å². The molecule has 1 amide bonds. The molecule has 8 heteroatoms. The number of hydrogen-bond donors (Lipinski definition) is 1. The van der Waals surface area contributed by atoms with E-state index in [-0.39, 0.29) is 18.2 Å². The fraction of sp³-hybridized carbons (Fsp3) is 0.435. The van der Waals surface area contributed by atoms with Gasteiger partial charge < -0.3 is 19.2 Å². The van der Waals surface area contributed by atoms with Crippen molar-refractivity contribution in [3.8, 4) is 5.75 Å². The number of aryl methyl sites for hydroxylation is 2. The van der Waals surface area contributed by atoms with Gasteiger partial charge in [0.25, 0.3) is 5.56 Å².